The van der Waals surface area contributed by atoms with Gasteiger partial charge in [0.05, 0.1) is 10.9 Å². The van der Waals surface area contributed by atoms with E-state index in [9.17, 15) is 0 Å². The lowest BCUT2D eigenvalue weighted by Gasteiger charge is -2.28. The highest BCUT2D eigenvalue weighted by Gasteiger charge is 2.34. The predicted molar refractivity (Wildman–Crippen MR) is 175 cm³/mol. The number of aromatic nitrogens is 1. The number of pyridine rings is 1. The molecule has 2 aliphatic heterocycles. The molecule has 0 spiro atoms. The van der Waals surface area contributed by atoms with Crippen LogP contribution in [0, 0.1) is 18.3 Å². The van der Waals surface area contributed by atoms with Crippen molar-refractivity contribution in [2.75, 3.05) is 13.2 Å². The molecule has 3 nitrogen and oxygen atoms in total. The molecule has 1 fully saturated rings. The van der Waals surface area contributed by atoms with E-state index in [1.54, 1.807) is 0 Å². The van der Waals surface area contributed by atoms with Crippen molar-refractivity contribution in [2.45, 2.75) is 73.1 Å². The summed E-state index contributed by atoms with van der Waals surface area (Å²) >= 11 is 0. The highest BCUT2D eigenvalue weighted by molar-refractivity contribution is 6.16. The van der Waals surface area contributed by atoms with E-state index in [0.717, 1.165) is 50.4 Å². The van der Waals surface area contributed by atoms with Crippen LogP contribution < -0.4 is 9.30 Å². The zero-order valence-electron chi connectivity index (χ0n) is 26.4. The summed E-state index contributed by atoms with van der Waals surface area (Å²) in [7, 11) is 2.19. The average Bonchev–Trinajstić information content (AvgIpc) is 2.95. The van der Waals surface area contributed by atoms with E-state index in [2.05, 4.69) is 108 Å². The van der Waals surface area contributed by atoms with Gasteiger partial charge in [0.15, 0.2) is 6.20 Å². The Bertz CT molecular complexity index is 1870. The van der Waals surface area contributed by atoms with E-state index < -0.39 is 0 Å². The summed E-state index contributed by atoms with van der Waals surface area (Å²) in [4.78, 5) is 0. The maximum absolute atomic E-state index is 7.09. The number of hydrogen-bond acceptors (Lipinski definition) is 2. The molecule has 0 atom stereocenters. The van der Waals surface area contributed by atoms with E-state index >= 15 is 0 Å². The second-order valence-electron chi connectivity index (χ2n) is 14.4. The minimum absolute atomic E-state index is 0.119. The van der Waals surface area contributed by atoms with Crippen molar-refractivity contribution in [2.24, 2.45) is 18.4 Å². The van der Waals surface area contributed by atoms with Crippen molar-refractivity contribution in [3.63, 3.8) is 0 Å². The number of rotatable bonds is 4. The van der Waals surface area contributed by atoms with Crippen molar-refractivity contribution >= 4 is 32.3 Å². The fraction of sp³-hybridized carbons (Fsp3) is 0.410. The van der Waals surface area contributed by atoms with Crippen molar-refractivity contribution in [3.05, 3.63) is 77.0 Å². The first-order chi connectivity index (χ1) is 20.1. The van der Waals surface area contributed by atoms with Crippen LogP contribution in [0.4, 0.5) is 0 Å². The molecule has 1 aromatic heterocycles. The number of fused-ring (bicyclic) bond motifs is 5. The molecule has 2 aliphatic rings. The van der Waals surface area contributed by atoms with Crippen molar-refractivity contribution in [1.29, 1.82) is 0 Å². The molecule has 0 bridgehead atoms. The largest absolute Gasteiger partial charge is 0.455 e. The van der Waals surface area contributed by atoms with Gasteiger partial charge < -0.3 is 9.47 Å². The summed E-state index contributed by atoms with van der Waals surface area (Å²) in [6.45, 7) is 15.6. The molecule has 216 valence electrons. The minimum atomic E-state index is 0.119. The molecule has 0 N–H and O–H groups in total. The monoisotopic (exact) mass is 558 g/mol. The molecular formula is C39H44NO2+. The summed E-state index contributed by atoms with van der Waals surface area (Å²) in [5, 5.41) is 7.75. The SMILES string of the molecule is Cc1c2c(c(CC(C)(C)C)c3ccc(CC(C)C)cc13)Oc1cc3ccc(C4CCOCC4)cc3c3cc[n+](C)c-2c13. The van der Waals surface area contributed by atoms with Crippen LogP contribution in [0.2, 0.25) is 0 Å². The molecule has 4 aromatic carbocycles. The third-order valence-corrected chi connectivity index (χ3v) is 9.41. The van der Waals surface area contributed by atoms with Crippen molar-refractivity contribution in [3.8, 4) is 22.8 Å². The Morgan fingerprint density at radius 1 is 0.905 bits per heavy atom. The maximum atomic E-state index is 7.09. The number of nitrogens with zero attached hydrogens (tertiary/aromatic N) is 1. The predicted octanol–water partition coefficient (Wildman–Crippen LogP) is 9.73. The van der Waals surface area contributed by atoms with Crippen LogP contribution in [0.25, 0.3) is 43.6 Å². The quantitative estimate of drug-likeness (QED) is 0.159. The molecular weight excluding hydrogens is 514 g/mol. The van der Waals surface area contributed by atoms with Gasteiger partial charge in [0, 0.05) is 30.2 Å². The smallest absolute Gasteiger partial charge is 0.228 e. The first-order valence-electron chi connectivity index (χ1n) is 15.8. The first-order valence-corrected chi connectivity index (χ1v) is 15.8. The number of ether oxygens (including phenoxy) is 2. The van der Waals surface area contributed by atoms with Gasteiger partial charge in [0.2, 0.25) is 5.69 Å². The lowest BCUT2D eigenvalue weighted by molar-refractivity contribution is -0.659. The van der Waals surface area contributed by atoms with E-state index in [4.69, 9.17) is 9.47 Å². The topological polar surface area (TPSA) is 22.3 Å². The van der Waals surface area contributed by atoms with Gasteiger partial charge in [0.25, 0.3) is 0 Å². The maximum Gasteiger partial charge on any atom is 0.228 e. The molecule has 0 aliphatic carbocycles. The molecule has 0 radical (unpaired) electrons. The molecule has 5 aromatic rings. The van der Waals surface area contributed by atoms with Crippen LogP contribution in [0.15, 0.2) is 54.7 Å². The molecule has 1 saturated heterocycles. The zero-order chi connectivity index (χ0) is 29.3. The van der Waals surface area contributed by atoms with Gasteiger partial charge in [-0.3, -0.25) is 0 Å². The van der Waals surface area contributed by atoms with Gasteiger partial charge in [0.1, 0.15) is 18.5 Å². The highest BCUT2D eigenvalue weighted by atomic mass is 16.5. The number of aryl methyl sites for hydroxylation is 2. The van der Waals surface area contributed by atoms with E-state index in [-0.39, 0.29) is 5.41 Å². The lowest BCUT2D eigenvalue weighted by Crippen LogP contribution is -2.32. The van der Waals surface area contributed by atoms with Crippen LogP contribution in [-0.4, -0.2) is 13.2 Å². The van der Waals surface area contributed by atoms with Gasteiger partial charge in [-0.15, -0.1) is 0 Å². The molecule has 7 rings (SSSR count). The summed E-state index contributed by atoms with van der Waals surface area (Å²) in [5.41, 5.74) is 8.12. The van der Waals surface area contributed by atoms with Crippen molar-refractivity contribution < 1.29 is 14.0 Å². The van der Waals surface area contributed by atoms with Gasteiger partial charge in [-0.2, -0.15) is 0 Å². The summed E-state index contributed by atoms with van der Waals surface area (Å²) < 4.78 is 15.1. The molecule has 0 unspecified atom stereocenters. The van der Waals surface area contributed by atoms with E-state index in [1.807, 2.05) is 0 Å². The molecule has 3 heterocycles. The average molecular weight is 559 g/mol. The zero-order valence-corrected chi connectivity index (χ0v) is 26.4. The number of benzene rings is 4. The first kappa shape index (κ1) is 27.4. The second-order valence-corrected chi connectivity index (χ2v) is 14.4. The number of hydrogen-bond donors (Lipinski definition) is 0. The molecule has 0 saturated carbocycles. The van der Waals surface area contributed by atoms with E-state index in [0.29, 0.717) is 11.8 Å². The standard InChI is InChI=1S/C39H44NO2/c1-23(2)18-25-8-11-29-31(19-25)24(3)35-37-36-30(12-15-40(37)7)32-20-27(26-13-16-41-17-14-26)9-10-28(32)21-34(36)42-38(35)33(29)22-39(4,5)6/h8-12,15,19-21,23,26H,13-14,16-18,22H2,1-7H3/q+1. The Morgan fingerprint density at radius 3 is 2.43 bits per heavy atom. The van der Waals surface area contributed by atoms with Crippen LogP contribution >= 0.6 is 0 Å². The Morgan fingerprint density at radius 2 is 1.69 bits per heavy atom. The van der Waals surface area contributed by atoms with Crippen LogP contribution in [-0.2, 0) is 24.6 Å². The third-order valence-electron chi connectivity index (χ3n) is 9.41. The Hall–Kier alpha value is -3.43. The molecule has 0 amide bonds. The fourth-order valence-corrected chi connectivity index (χ4v) is 7.49. The summed E-state index contributed by atoms with van der Waals surface area (Å²) in [6, 6.07) is 18.8. The van der Waals surface area contributed by atoms with Gasteiger partial charge in [-0.05, 0) is 94.2 Å². The third kappa shape index (κ3) is 4.57. The Labute approximate surface area is 250 Å². The fourth-order valence-electron chi connectivity index (χ4n) is 7.49. The lowest BCUT2D eigenvalue weighted by atomic mass is 9.81. The van der Waals surface area contributed by atoms with Gasteiger partial charge in [-0.1, -0.05) is 71.0 Å². The Balaban J connectivity index is 1.53. The van der Waals surface area contributed by atoms with Crippen LogP contribution in [0.3, 0.4) is 0 Å². The van der Waals surface area contributed by atoms with Crippen LogP contribution in [0.5, 0.6) is 11.5 Å². The molecule has 3 heteroatoms. The van der Waals surface area contributed by atoms with Crippen molar-refractivity contribution in [1.82, 2.24) is 0 Å². The normalized spacial score (nSPS) is 15.5. The summed E-state index contributed by atoms with van der Waals surface area (Å²) in [6.07, 6.45) is 6.48. The van der Waals surface area contributed by atoms with E-state index in [1.165, 1.54) is 65.8 Å². The van der Waals surface area contributed by atoms with Gasteiger partial charge >= 0.3 is 0 Å². The summed E-state index contributed by atoms with van der Waals surface area (Å²) in [5.74, 6) is 3.20. The Kier molecular flexibility index (Phi) is 6.58. The molecule has 42 heavy (non-hydrogen) atoms. The van der Waals surface area contributed by atoms with Gasteiger partial charge in [-0.25, -0.2) is 4.57 Å². The second kappa shape index (κ2) is 10.1. The highest BCUT2D eigenvalue weighted by Crippen LogP contribution is 2.53. The van der Waals surface area contributed by atoms with Crippen LogP contribution in [0.1, 0.15) is 75.6 Å². The minimum Gasteiger partial charge on any atom is -0.455 e.